The molecule has 0 atom stereocenters. The first-order chi connectivity index (χ1) is 8.49. The van der Waals surface area contributed by atoms with E-state index in [4.69, 9.17) is 4.74 Å². The molecule has 1 rings (SSSR count). The van der Waals surface area contributed by atoms with Crippen LogP contribution in [0.15, 0.2) is 22.7 Å². The summed E-state index contributed by atoms with van der Waals surface area (Å²) in [6, 6.07) is 5.27. The number of rotatable bonds is 7. The van der Waals surface area contributed by atoms with Crippen LogP contribution in [0.5, 0.6) is 5.75 Å². The summed E-state index contributed by atoms with van der Waals surface area (Å²) >= 11 is 3.43. The highest BCUT2D eigenvalue weighted by molar-refractivity contribution is 9.10. The van der Waals surface area contributed by atoms with Gasteiger partial charge >= 0.3 is 0 Å². The Kier molecular flexibility index (Phi) is 6.57. The SMILES string of the molecule is CC(C)CNCc1cc(OCC(F)F)ccc1Br. The van der Waals surface area contributed by atoms with Gasteiger partial charge in [-0.1, -0.05) is 29.8 Å². The van der Waals surface area contributed by atoms with Crippen molar-refractivity contribution in [1.29, 1.82) is 0 Å². The molecule has 0 fully saturated rings. The van der Waals surface area contributed by atoms with Crippen LogP contribution >= 0.6 is 15.9 Å². The molecule has 0 unspecified atom stereocenters. The molecule has 18 heavy (non-hydrogen) atoms. The normalized spacial score (nSPS) is 11.3. The van der Waals surface area contributed by atoms with E-state index in [0.717, 1.165) is 16.6 Å². The van der Waals surface area contributed by atoms with Gasteiger partial charge in [-0.25, -0.2) is 8.78 Å². The Hall–Kier alpha value is -0.680. The Labute approximate surface area is 115 Å². The first-order valence-corrected chi connectivity index (χ1v) is 6.68. The zero-order chi connectivity index (χ0) is 13.5. The zero-order valence-corrected chi connectivity index (χ0v) is 12.1. The van der Waals surface area contributed by atoms with E-state index < -0.39 is 13.0 Å². The number of hydrogen-bond donors (Lipinski definition) is 1. The number of hydrogen-bond acceptors (Lipinski definition) is 2. The van der Waals surface area contributed by atoms with Crippen LogP contribution in [0.1, 0.15) is 19.4 Å². The van der Waals surface area contributed by atoms with Crippen molar-refractivity contribution in [3.8, 4) is 5.75 Å². The van der Waals surface area contributed by atoms with Gasteiger partial charge in [-0.3, -0.25) is 0 Å². The second-order valence-corrected chi connectivity index (χ2v) is 5.33. The van der Waals surface area contributed by atoms with E-state index >= 15 is 0 Å². The smallest absolute Gasteiger partial charge is 0.272 e. The molecule has 0 spiro atoms. The zero-order valence-electron chi connectivity index (χ0n) is 10.6. The van der Waals surface area contributed by atoms with Crippen molar-refractivity contribution in [2.75, 3.05) is 13.2 Å². The van der Waals surface area contributed by atoms with Crippen LogP contribution in [0.4, 0.5) is 8.78 Å². The lowest BCUT2D eigenvalue weighted by Crippen LogP contribution is -2.19. The summed E-state index contributed by atoms with van der Waals surface area (Å²) in [5.74, 6) is 1.04. The minimum Gasteiger partial charge on any atom is -0.488 e. The summed E-state index contributed by atoms with van der Waals surface area (Å²) in [6.45, 7) is 5.29. The summed E-state index contributed by atoms with van der Waals surface area (Å²) in [4.78, 5) is 0. The number of halogens is 3. The molecule has 0 heterocycles. The molecule has 2 nitrogen and oxygen atoms in total. The number of alkyl halides is 2. The molecule has 1 N–H and O–H groups in total. The lowest BCUT2D eigenvalue weighted by atomic mass is 10.2. The average Bonchev–Trinajstić information content (AvgIpc) is 2.29. The summed E-state index contributed by atoms with van der Waals surface area (Å²) in [6.07, 6.45) is -2.45. The van der Waals surface area contributed by atoms with Crippen LogP contribution in [-0.4, -0.2) is 19.6 Å². The Balaban J connectivity index is 2.57. The van der Waals surface area contributed by atoms with E-state index in [9.17, 15) is 8.78 Å². The van der Waals surface area contributed by atoms with Crippen molar-refractivity contribution in [2.45, 2.75) is 26.8 Å². The van der Waals surface area contributed by atoms with Crippen molar-refractivity contribution in [1.82, 2.24) is 5.32 Å². The van der Waals surface area contributed by atoms with E-state index in [0.29, 0.717) is 18.2 Å². The molecule has 1 aromatic carbocycles. The third-order valence-corrected chi connectivity index (χ3v) is 3.03. The summed E-state index contributed by atoms with van der Waals surface area (Å²) in [5, 5.41) is 3.30. The number of nitrogens with one attached hydrogen (secondary N) is 1. The van der Waals surface area contributed by atoms with Gasteiger partial charge in [0.25, 0.3) is 6.43 Å². The minimum absolute atomic E-state index is 0.472. The fourth-order valence-electron chi connectivity index (χ4n) is 1.43. The second-order valence-electron chi connectivity index (χ2n) is 4.48. The highest BCUT2D eigenvalue weighted by Crippen LogP contribution is 2.23. The highest BCUT2D eigenvalue weighted by Gasteiger charge is 2.06. The topological polar surface area (TPSA) is 21.3 Å². The molecule has 0 aromatic heterocycles. The van der Waals surface area contributed by atoms with Gasteiger partial charge in [0.15, 0.2) is 0 Å². The van der Waals surface area contributed by atoms with Crippen LogP contribution < -0.4 is 10.1 Å². The molecular formula is C13H18BrF2NO. The van der Waals surface area contributed by atoms with E-state index in [2.05, 4.69) is 35.1 Å². The van der Waals surface area contributed by atoms with Crippen molar-refractivity contribution >= 4 is 15.9 Å². The lowest BCUT2D eigenvalue weighted by molar-refractivity contribution is 0.0818. The Morgan fingerprint density at radius 1 is 1.33 bits per heavy atom. The van der Waals surface area contributed by atoms with Gasteiger partial charge in [0, 0.05) is 11.0 Å². The molecular weight excluding hydrogens is 304 g/mol. The quantitative estimate of drug-likeness (QED) is 0.823. The molecule has 0 amide bonds. The third kappa shape index (κ3) is 5.78. The van der Waals surface area contributed by atoms with Crippen molar-refractivity contribution in [3.05, 3.63) is 28.2 Å². The van der Waals surface area contributed by atoms with Crippen LogP contribution in [0.2, 0.25) is 0 Å². The van der Waals surface area contributed by atoms with Crippen molar-refractivity contribution < 1.29 is 13.5 Å². The fourth-order valence-corrected chi connectivity index (χ4v) is 1.82. The second kappa shape index (κ2) is 7.69. The van der Waals surface area contributed by atoms with Gasteiger partial charge in [-0.2, -0.15) is 0 Å². The third-order valence-electron chi connectivity index (χ3n) is 2.26. The maximum absolute atomic E-state index is 12.0. The van der Waals surface area contributed by atoms with Gasteiger partial charge in [0.05, 0.1) is 0 Å². The van der Waals surface area contributed by atoms with Crippen LogP contribution in [-0.2, 0) is 6.54 Å². The molecule has 1 aromatic rings. The molecule has 0 bridgehead atoms. The summed E-state index contributed by atoms with van der Waals surface area (Å²) in [7, 11) is 0. The van der Waals surface area contributed by atoms with Crippen LogP contribution in [0.25, 0.3) is 0 Å². The monoisotopic (exact) mass is 321 g/mol. The molecule has 0 saturated carbocycles. The highest BCUT2D eigenvalue weighted by atomic mass is 79.9. The first kappa shape index (κ1) is 15.4. The summed E-state index contributed by atoms with van der Waals surface area (Å²) in [5.41, 5.74) is 1.00. The standard InChI is InChI=1S/C13H18BrF2NO/c1-9(2)6-17-7-10-5-11(3-4-12(10)14)18-8-13(15)16/h3-5,9,13,17H,6-8H2,1-2H3. The van der Waals surface area contributed by atoms with Crippen molar-refractivity contribution in [3.63, 3.8) is 0 Å². The van der Waals surface area contributed by atoms with E-state index in [1.807, 2.05) is 6.07 Å². The van der Waals surface area contributed by atoms with Gasteiger partial charge in [0.2, 0.25) is 0 Å². The van der Waals surface area contributed by atoms with Gasteiger partial charge in [-0.05, 0) is 36.2 Å². The van der Waals surface area contributed by atoms with Gasteiger partial charge < -0.3 is 10.1 Å². The maximum Gasteiger partial charge on any atom is 0.272 e. The van der Waals surface area contributed by atoms with Crippen LogP contribution in [0, 0.1) is 5.92 Å². The Morgan fingerprint density at radius 3 is 2.67 bits per heavy atom. The minimum atomic E-state index is -2.45. The molecule has 102 valence electrons. The first-order valence-electron chi connectivity index (χ1n) is 5.89. The maximum atomic E-state index is 12.0. The van der Waals surface area contributed by atoms with E-state index in [-0.39, 0.29) is 0 Å². The molecule has 0 saturated heterocycles. The molecule has 5 heteroatoms. The van der Waals surface area contributed by atoms with Crippen LogP contribution in [0.3, 0.4) is 0 Å². The Bertz CT molecular complexity index is 372. The Morgan fingerprint density at radius 2 is 2.06 bits per heavy atom. The molecule has 0 aliphatic rings. The lowest BCUT2D eigenvalue weighted by Gasteiger charge is -2.11. The predicted molar refractivity (Wildman–Crippen MR) is 72.2 cm³/mol. The summed E-state index contributed by atoms with van der Waals surface area (Å²) < 4.78 is 30.0. The largest absolute Gasteiger partial charge is 0.488 e. The van der Waals surface area contributed by atoms with Crippen molar-refractivity contribution in [2.24, 2.45) is 5.92 Å². The fraction of sp³-hybridized carbons (Fsp3) is 0.538. The van der Waals surface area contributed by atoms with E-state index in [1.54, 1.807) is 12.1 Å². The average molecular weight is 322 g/mol. The molecule has 0 aliphatic heterocycles. The van der Waals surface area contributed by atoms with Gasteiger partial charge in [0.1, 0.15) is 12.4 Å². The molecule has 0 aliphatic carbocycles. The number of benzene rings is 1. The molecule has 0 radical (unpaired) electrons. The predicted octanol–water partition coefficient (Wildman–Crippen LogP) is 3.84. The van der Waals surface area contributed by atoms with E-state index in [1.165, 1.54) is 0 Å². The van der Waals surface area contributed by atoms with Gasteiger partial charge in [-0.15, -0.1) is 0 Å². The number of ether oxygens (including phenoxy) is 1.